The fourth-order valence-electron chi connectivity index (χ4n) is 3.49. The Balaban J connectivity index is 1.59. The van der Waals surface area contributed by atoms with Gasteiger partial charge < -0.3 is 21.1 Å². The van der Waals surface area contributed by atoms with Gasteiger partial charge in [-0.1, -0.05) is 23.7 Å². The number of nitrogens with one attached hydrogen (secondary N) is 2. The van der Waals surface area contributed by atoms with Gasteiger partial charge in [-0.3, -0.25) is 0 Å². The maximum absolute atomic E-state index is 13.0. The van der Waals surface area contributed by atoms with Crippen LogP contribution in [0.1, 0.15) is 22.8 Å². The molecule has 0 saturated heterocycles. The zero-order valence-corrected chi connectivity index (χ0v) is 19.3. The van der Waals surface area contributed by atoms with Crippen molar-refractivity contribution in [3.63, 3.8) is 0 Å². The molecule has 0 bridgehead atoms. The number of alkyl halides is 3. The Bertz CT molecular complexity index is 1450. The lowest BCUT2D eigenvalue weighted by Gasteiger charge is -2.13. The van der Waals surface area contributed by atoms with Crippen LogP contribution in [0.2, 0.25) is 5.02 Å². The highest BCUT2D eigenvalue weighted by molar-refractivity contribution is 6.33. The number of aromatic nitrogens is 3. The van der Waals surface area contributed by atoms with Gasteiger partial charge >= 0.3 is 18.2 Å². The number of hydrogen-bond donors (Lipinski definition) is 3. The van der Waals surface area contributed by atoms with E-state index in [9.17, 15) is 22.8 Å². The number of anilines is 3. The van der Waals surface area contributed by atoms with E-state index >= 15 is 0 Å². The van der Waals surface area contributed by atoms with Gasteiger partial charge in [0.05, 0.1) is 28.4 Å². The van der Waals surface area contributed by atoms with Crippen LogP contribution in [0.15, 0.2) is 55.0 Å². The van der Waals surface area contributed by atoms with Crippen molar-refractivity contribution in [1.82, 2.24) is 14.6 Å². The molecule has 0 unspecified atom stereocenters. The highest BCUT2D eigenvalue weighted by Gasteiger charge is 2.31. The van der Waals surface area contributed by atoms with Crippen molar-refractivity contribution < 1.29 is 27.5 Å². The molecule has 0 fully saturated rings. The number of carbonyl (C=O) groups is 2. The number of nitrogens with two attached hydrogens (primary N) is 1. The fourth-order valence-corrected chi connectivity index (χ4v) is 3.66. The number of halogens is 4. The molecule has 2 aromatic heterocycles. The molecule has 9 nitrogen and oxygen atoms in total. The minimum atomic E-state index is -4.59. The summed E-state index contributed by atoms with van der Waals surface area (Å²) in [5.41, 5.74) is 6.83. The molecule has 0 atom stereocenters. The third-order valence-corrected chi connectivity index (χ3v) is 5.40. The molecule has 4 N–H and O–H groups in total. The molecular weight excluding hydrogens is 501 g/mol. The first kappa shape index (κ1) is 24.8. The Kier molecular flexibility index (Phi) is 6.71. The van der Waals surface area contributed by atoms with Gasteiger partial charge in [-0.15, -0.1) is 0 Å². The standard InChI is InChI=1S/C23H18ClF3N6O3/c1-2-36-21(34)15-10-33-19(20(28)29-11-30-33)18(15)12-3-6-14(7-4-12)31-22(35)32-17-9-13(23(25,26)27)5-8-16(17)24/h3-11H,2H2,1H3,(H2,28,29,30)(H2,31,32,35). The van der Waals surface area contributed by atoms with E-state index in [1.807, 2.05) is 0 Å². The molecule has 13 heteroatoms. The van der Waals surface area contributed by atoms with E-state index in [1.54, 1.807) is 31.2 Å². The van der Waals surface area contributed by atoms with Crippen molar-refractivity contribution in [3.8, 4) is 11.1 Å². The van der Waals surface area contributed by atoms with Crippen LogP contribution in [0, 0.1) is 0 Å². The molecule has 0 spiro atoms. The number of nitrogen functional groups attached to an aromatic ring is 1. The van der Waals surface area contributed by atoms with Crippen molar-refractivity contribution in [3.05, 3.63) is 71.1 Å². The summed E-state index contributed by atoms with van der Waals surface area (Å²) in [7, 11) is 0. The van der Waals surface area contributed by atoms with Gasteiger partial charge in [0, 0.05) is 17.4 Å². The number of rotatable bonds is 5. The molecule has 2 amide bonds. The Morgan fingerprint density at radius 3 is 2.53 bits per heavy atom. The summed E-state index contributed by atoms with van der Waals surface area (Å²) in [5.74, 6) is -0.424. The zero-order chi connectivity index (χ0) is 26.0. The minimum Gasteiger partial charge on any atom is -0.462 e. The summed E-state index contributed by atoms with van der Waals surface area (Å²) < 4.78 is 45.5. The number of ether oxygens (including phenoxy) is 1. The lowest BCUT2D eigenvalue weighted by atomic mass is 10.0. The van der Waals surface area contributed by atoms with Gasteiger partial charge in [-0.05, 0) is 42.8 Å². The monoisotopic (exact) mass is 518 g/mol. The minimum absolute atomic E-state index is 0.0552. The summed E-state index contributed by atoms with van der Waals surface area (Å²) in [5, 5.41) is 8.85. The van der Waals surface area contributed by atoms with Gasteiger partial charge in [-0.2, -0.15) is 18.3 Å². The predicted octanol–water partition coefficient (Wildman–Crippen LogP) is 5.47. The molecule has 0 aliphatic heterocycles. The van der Waals surface area contributed by atoms with Crippen molar-refractivity contribution in [2.24, 2.45) is 0 Å². The second-order valence-electron chi connectivity index (χ2n) is 7.43. The SMILES string of the molecule is CCOC(=O)c1cn2ncnc(N)c2c1-c1ccc(NC(=O)Nc2cc(C(F)(F)F)ccc2Cl)cc1. The van der Waals surface area contributed by atoms with Crippen molar-refractivity contribution in [2.75, 3.05) is 23.0 Å². The van der Waals surface area contributed by atoms with Crippen LogP contribution in [-0.4, -0.2) is 33.2 Å². The lowest BCUT2D eigenvalue weighted by Crippen LogP contribution is -2.20. The van der Waals surface area contributed by atoms with Crippen molar-refractivity contribution in [1.29, 1.82) is 0 Å². The molecular formula is C23H18ClF3N6O3. The predicted molar refractivity (Wildman–Crippen MR) is 128 cm³/mol. The van der Waals surface area contributed by atoms with Crippen LogP contribution in [0.3, 0.4) is 0 Å². The van der Waals surface area contributed by atoms with Crippen LogP contribution in [-0.2, 0) is 10.9 Å². The average molecular weight is 519 g/mol. The molecule has 0 radical (unpaired) electrons. The van der Waals surface area contributed by atoms with Gasteiger partial charge in [0.1, 0.15) is 11.8 Å². The van der Waals surface area contributed by atoms with Crippen LogP contribution < -0.4 is 16.4 Å². The molecule has 2 heterocycles. The number of fused-ring (bicyclic) bond motifs is 1. The number of nitrogens with zero attached hydrogens (tertiary/aromatic N) is 3. The van der Waals surface area contributed by atoms with Gasteiger partial charge in [0.25, 0.3) is 0 Å². The van der Waals surface area contributed by atoms with E-state index < -0.39 is 23.7 Å². The van der Waals surface area contributed by atoms with Crippen LogP contribution in [0.5, 0.6) is 0 Å². The van der Waals surface area contributed by atoms with Crippen LogP contribution >= 0.6 is 11.6 Å². The maximum atomic E-state index is 13.0. The van der Waals surface area contributed by atoms with Gasteiger partial charge in [-0.25, -0.2) is 19.1 Å². The number of hydrogen-bond acceptors (Lipinski definition) is 6. The second-order valence-corrected chi connectivity index (χ2v) is 7.83. The molecule has 0 saturated carbocycles. The molecule has 4 rings (SSSR count). The third-order valence-electron chi connectivity index (χ3n) is 5.07. The largest absolute Gasteiger partial charge is 0.462 e. The number of carbonyl (C=O) groups excluding carboxylic acids is 2. The summed E-state index contributed by atoms with van der Waals surface area (Å²) in [6.45, 7) is 1.85. The highest BCUT2D eigenvalue weighted by Crippen LogP contribution is 2.35. The zero-order valence-electron chi connectivity index (χ0n) is 18.6. The summed E-state index contributed by atoms with van der Waals surface area (Å²) in [6.07, 6.45) is -1.85. The first-order valence-electron chi connectivity index (χ1n) is 10.4. The van der Waals surface area contributed by atoms with Crippen molar-refractivity contribution in [2.45, 2.75) is 13.1 Å². The normalized spacial score (nSPS) is 11.4. The smallest absolute Gasteiger partial charge is 0.416 e. The second kappa shape index (κ2) is 9.74. The Morgan fingerprint density at radius 1 is 1.14 bits per heavy atom. The number of urea groups is 1. The van der Waals surface area contributed by atoms with E-state index in [-0.39, 0.29) is 28.7 Å². The Morgan fingerprint density at radius 2 is 1.86 bits per heavy atom. The fraction of sp³-hybridized carbons (Fsp3) is 0.130. The van der Waals surface area contributed by atoms with E-state index in [1.165, 1.54) is 17.0 Å². The summed E-state index contributed by atoms with van der Waals surface area (Å²) >= 11 is 5.92. The van der Waals surface area contributed by atoms with E-state index in [0.29, 0.717) is 22.3 Å². The summed E-state index contributed by atoms with van der Waals surface area (Å²) in [4.78, 5) is 28.9. The lowest BCUT2D eigenvalue weighted by molar-refractivity contribution is -0.137. The van der Waals surface area contributed by atoms with E-state index in [0.717, 1.165) is 18.2 Å². The molecule has 0 aliphatic carbocycles. The number of benzene rings is 2. The first-order chi connectivity index (χ1) is 17.1. The number of esters is 1. The van der Waals surface area contributed by atoms with Gasteiger partial charge in [0.15, 0.2) is 5.82 Å². The Hall–Kier alpha value is -4.32. The summed E-state index contributed by atoms with van der Waals surface area (Å²) in [6, 6.07) is 8.14. The van der Waals surface area contributed by atoms with E-state index in [4.69, 9.17) is 22.1 Å². The van der Waals surface area contributed by atoms with E-state index in [2.05, 4.69) is 20.7 Å². The topological polar surface area (TPSA) is 124 Å². The van der Waals surface area contributed by atoms with Gasteiger partial charge in [0.2, 0.25) is 0 Å². The molecule has 4 aromatic rings. The molecule has 2 aromatic carbocycles. The molecule has 0 aliphatic rings. The highest BCUT2D eigenvalue weighted by atomic mass is 35.5. The number of amides is 2. The van der Waals surface area contributed by atoms with Crippen molar-refractivity contribution >= 4 is 46.3 Å². The first-order valence-corrected chi connectivity index (χ1v) is 10.8. The maximum Gasteiger partial charge on any atom is 0.416 e. The quantitative estimate of drug-likeness (QED) is 0.301. The molecule has 186 valence electrons. The van der Waals surface area contributed by atoms with Crippen LogP contribution in [0.4, 0.5) is 35.2 Å². The Labute approximate surface area is 207 Å². The van der Waals surface area contributed by atoms with Crippen LogP contribution in [0.25, 0.3) is 16.6 Å². The molecule has 36 heavy (non-hydrogen) atoms. The average Bonchev–Trinajstić information content (AvgIpc) is 3.21. The third kappa shape index (κ3) is 5.03.